The first-order valence-electron chi connectivity index (χ1n) is 7.47. The Morgan fingerprint density at radius 1 is 1.32 bits per heavy atom. The van der Waals surface area contributed by atoms with Gasteiger partial charge in [-0.15, -0.1) is 0 Å². The number of aryl methyl sites for hydroxylation is 2. The Morgan fingerprint density at radius 2 is 2.00 bits per heavy atom. The standard InChI is InChI=1S/C17H24N4O/c1-13-16(21(4)12-18-13)17(22)19-15(10-11-20(2)3)14-8-6-5-7-9-14/h5-9,12,15H,10-11H2,1-4H3,(H,19,22)/t15-/m0/s1. The van der Waals surface area contributed by atoms with Gasteiger partial charge in [0.15, 0.2) is 0 Å². The van der Waals surface area contributed by atoms with E-state index >= 15 is 0 Å². The summed E-state index contributed by atoms with van der Waals surface area (Å²) in [5.74, 6) is -0.0786. The SMILES string of the molecule is Cc1ncn(C)c1C(=O)N[C@@H](CCN(C)C)c1ccccc1. The molecule has 2 rings (SSSR count). The molecule has 0 spiro atoms. The van der Waals surface area contributed by atoms with Crippen LogP contribution >= 0.6 is 0 Å². The second kappa shape index (κ2) is 7.22. The van der Waals surface area contributed by atoms with Crippen molar-refractivity contribution < 1.29 is 4.79 Å². The van der Waals surface area contributed by atoms with Crippen molar-refractivity contribution in [3.05, 3.63) is 53.6 Å². The smallest absolute Gasteiger partial charge is 0.270 e. The van der Waals surface area contributed by atoms with Crippen molar-refractivity contribution in [1.29, 1.82) is 0 Å². The van der Waals surface area contributed by atoms with Gasteiger partial charge >= 0.3 is 0 Å². The van der Waals surface area contributed by atoms with Gasteiger partial charge in [-0.1, -0.05) is 30.3 Å². The molecule has 1 aromatic carbocycles. The fourth-order valence-corrected chi connectivity index (χ4v) is 2.49. The molecule has 0 aliphatic heterocycles. The minimum atomic E-state index is -0.0786. The van der Waals surface area contributed by atoms with E-state index in [4.69, 9.17) is 0 Å². The average Bonchev–Trinajstić information content (AvgIpc) is 2.83. The first-order chi connectivity index (χ1) is 10.5. The number of carbonyl (C=O) groups excluding carboxylic acids is 1. The van der Waals surface area contributed by atoms with E-state index in [0.717, 1.165) is 24.2 Å². The maximum Gasteiger partial charge on any atom is 0.270 e. The van der Waals surface area contributed by atoms with E-state index in [1.54, 1.807) is 10.9 Å². The monoisotopic (exact) mass is 300 g/mol. The summed E-state index contributed by atoms with van der Waals surface area (Å²) in [6, 6.07) is 10.1. The highest BCUT2D eigenvalue weighted by atomic mass is 16.2. The molecule has 1 heterocycles. The predicted octanol–water partition coefficient (Wildman–Crippen LogP) is 2.15. The fraction of sp³-hybridized carbons (Fsp3) is 0.412. The maximum absolute atomic E-state index is 12.6. The van der Waals surface area contributed by atoms with Crippen LogP contribution in [0.5, 0.6) is 0 Å². The highest BCUT2D eigenvalue weighted by Crippen LogP contribution is 2.18. The molecular formula is C17H24N4O. The van der Waals surface area contributed by atoms with E-state index < -0.39 is 0 Å². The molecule has 1 atom stereocenters. The van der Waals surface area contributed by atoms with Crippen molar-refractivity contribution in [2.24, 2.45) is 7.05 Å². The van der Waals surface area contributed by atoms with Crippen LogP contribution in [0.3, 0.4) is 0 Å². The van der Waals surface area contributed by atoms with Crippen LogP contribution in [0.25, 0.3) is 0 Å². The van der Waals surface area contributed by atoms with E-state index in [2.05, 4.69) is 27.3 Å². The largest absolute Gasteiger partial charge is 0.344 e. The van der Waals surface area contributed by atoms with Crippen molar-refractivity contribution in [2.45, 2.75) is 19.4 Å². The van der Waals surface area contributed by atoms with E-state index in [1.165, 1.54) is 0 Å². The summed E-state index contributed by atoms with van der Waals surface area (Å²) < 4.78 is 1.76. The lowest BCUT2D eigenvalue weighted by Crippen LogP contribution is -2.32. The van der Waals surface area contributed by atoms with Crippen LogP contribution in [0.2, 0.25) is 0 Å². The molecule has 0 aliphatic rings. The number of amides is 1. The Hall–Kier alpha value is -2.14. The summed E-state index contributed by atoms with van der Waals surface area (Å²) in [5.41, 5.74) is 2.49. The number of hydrogen-bond acceptors (Lipinski definition) is 3. The third-order valence-electron chi connectivity index (χ3n) is 3.71. The summed E-state index contributed by atoms with van der Waals surface area (Å²) in [5, 5.41) is 3.15. The zero-order chi connectivity index (χ0) is 16.1. The molecule has 1 N–H and O–H groups in total. The highest BCUT2D eigenvalue weighted by Gasteiger charge is 2.19. The fourth-order valence-electron chi connectivity index (χ4n) is 2.49. The number of hydrogen-bond donors (Lipinski definition) is 1. The summed E-state index contributed by atoms with van der Waals surface area (Å²) in [7, 11) is 5.91. The maximum atomic E-state index is 12.6. The van der Waals surface area contributed by atoms with Crippen LogP contribution in [-0.4, -0.2) is 41.0 Å². The molecule has 22 heavy (non-hydrogen) atoms. The minimum absolute atomic E-state index is 0.00889. The zero-order valence-corrected chi connectivity index (χ0v) is 13.7. The van der Waals surface area contributed by atoms with E-state index in [-0.39, 0.29) is 11.9 Å². The number of benzene rings is 1. The second-order valence-corrected chi connectivity index (χ2v) is 5.82. The molecule has 118 valence electrons. The third-order valence-corrected chi connectivity index (χ3v) is 3.71. The molecule has 0 aliphatic carbocycles. The molecular weight excluding hydrogens is 276 g/mol. The molecule has 2 aromatic rings. The van der Waals surface area contributed by atoms with Crippen molar-refractivity contribution in [1.82, 2.24) is 19.8 Å². The highest BCUT2D eigenvalue weighted by molar-refractivity contribution is 5.93. The summed E-state index contributed by atoms with van der Waals surface area (Å²) >= 11 is 0. The normalized spacial score (nSPS) is 12.4. The molecule has 0 unspecified atom stereocenters. The Bertz CT molecular complexity index is 599. The first-order valence-corrected chi connectivity index (χ1v) is 7.47. The van der Waals surface area contributed by atoms with Gasteiger partial charge in [-0.05, 0) is 39.5 Å². The number of nitrogens with zero attached hydrogens (tertiary/aromatic N) is 3. The van der Waals surface area contributed by atoms with Crippen molar-refractivity contribution in [3.8, 4) is 0 Å². The molecule has 1 aromatic heterocycles. The van der Waals surface area contributed by atoms with Gasteiger partial charge in [0.05, 0.1) is 18.1 Å². The van der Waals surface area contributed by atoms with E-state index in [1.807, 2.05) is 46.3 Å². The molecule has 0 bridgehead atoms. The number of nitrogens with one attached hydrogen (secondary N) is 1. The molecule has 0 saturated heterocycles. The van der Waals surface area contributed by atoms with Crippen LogP contribution < -0.4 is 5.32 Å². The van der Waals surface area contributed by atoms with Gasteiger partial charge in [-0.25, -0.2) is 4.98 Å². The van der Waals surface area contributed by atoms with Gasteiger partial charge in [0.25, 0.3) is 5.91 Å². The van der Waals surface area contributed by atoms with Gasteiger partial charge in [-0.2, -0.15) is 0 Å². The lowest BCUT2D eigenvalue weighted by molar-refractivity contribution is 0.0923. The Morgan fingerprint density at radius 3 is 2.55 bits per heavy atom. The van der Waals surface area contributed by atoms with E-state index in [0.29, 0.717) is 5.69 Å². The summed E-state index contributed by atoms with van der Waals surface area (Å²) in [6.07, 6.45) is 2.53. The van der Waals surface area contributed by atoms with E-state index in [9.17, 15) is 4.79 Å². The summed E-state index contributed by atoms with van der Waals surface area (Å²) in [6.45, 7) is 2.76. The van der Waals surface area contributed by atoms with Crippen LogP contribution in [0.1, 0.15) is 34.2 Å². The molecule has 0 radical (unpaired) electrons. The predicted molar refractivity (Wildman–Crippen MR) is 87.8 cm³/mol. The van der Waals surface area contributed by atoms with Crippen molar-refractivity contribution in [2.75, 3.05) is 20.6 Å². The van der Waals surface area contributed by atoms with Gasteiger partial charge < -0.3 is 14.8 Å². The molecule has 5 heteroatoms. The molecule has 5 nitrogen and oxygen atoms in total. The Labute approximate surface area is 132 Å². The number of imidazole rings is 1. The van der Waals surface area contributed by atoms with Gasteiger partial charge in [-0.3, -0.25) is 4.79 Å². The quantitative estimate of drug-likeness (QED) is 0.889. The summed E-state index contributed by atoms with van der Waals surface area (Å²) in [4.78, 5) is 18.9. The average molecular weight is 300 g/mol. The van der Waals surface area contributed by atoms with Crippen LogP contribution in [0.4, 0.5) is 0 Å². The Kier molecular flexibility index (Phi) is 5.33. The lowest BCUT2D eigenvalue weighted by Gasteiger charge is -2.21. The molecule has 0 fully saturated rings. The van der Waals surface area contributed by atoms with Gasteiger partial charge in [0, 0.05) is 7.05 Å². The van der Waals surface area contributed by atoms with Crippen LogP contribution in [0.15, 0.2) is 36.7 Å². The molecule has 1 amide bonds. The number of carbonyl (C=O) groups is 1. The van der Waals surface area contributed by atoms with Gasteiger partial charge in [0.2, 0.25) is 0 Å². The van der Waals surface area contributed by atoms with Crippen LogP contribution in [-0.2, 0) is 7.05 Å². The molecule has 0 saturated carbocycles. The minimum Gasteiger partial charge on any atom is -0.344 e. The second-order valence-electron chi connectivity index (χ2n) is 5.82. The third kappa shape index (κ3) is 3.95. The number of aromatic nitrogens is 2. The topological polar surface area (TPSA) is 50.2 Å². The Balaban J connectivity index is 2.17. The first kappa shape index (κ1) is 16.2. The zero-order valence-electron chi connectivity index (χ0n) is 13.7. The van der Waals surface area contributed by atoms with Gasteiger partial charge in [0.1, 0.15) is 5.69 Å². The van der Waals surface area contributed by atoms with Crippen molar-refractivity contribution >= 4 is 5.91 Å². The van der Waals surface area contributed by atoms with Crippen LogP contribution in [0, 0.1) is 6.92 Å². The van der Waals surface area contributed by atoms with Crippen molar-refractivity contribution in [3.63, 3.8) is 0 Å². The lowest BCUT2D eigenvalue weighted by atomic mass is 10.0. The number of rotatable bonds is 6.